The first-order valence-corrected chi connectivity index (χ1v) is 7.21. The van der Waals surface area contributed by atoms with E-state index in [4.69, 9.17) is 9.26 Å². The van der Waals surface area contributed by atoms with Crippen molar-refractivity contribution in [2.45, 2.75) is 12.5 Å². The molecule has 0 spiro atoms. The second-order valence-corrected chi connectivity index (χ2v) is 5.10. The van der Waals surface area contributed by atoms with Gasteiger partial charge in [0.1, 0.15) is 11.4 Å². The number of carboxylic acid groups (broad SMARTS) is 1. The average Bonchev–Trinajstić information content (AvgIpc) is 3.26. The Morgan fingerprint density at radius 1 is 1.42 bits per heavy atom. The lowest BCUT2D eigenvalue weighted by molar-refractivity contribution is -0.306. The molecule has 2 heterocycles. The van der Waals surface area contributed by atoms with Gasteiger partial charge in [0.2, 0.25) is 5.88 Å². The molecular weight excluding hydrogens is 312 g/mol. The topological polar surface area (TPSA) is 116 Å². The van der Waals surface area contributed by atoms with E-state index >= 15 is 0 Å². The highest BCUT2D eigenvalue weighted by Gasteiger charge is 2.15. The number of carbonyl (C=O) groups is 1. The number of nitrogens with zero attached hydrogens (tertiary/aromatic N) is 2. The van der Waals surface area contributed by atoms with Gasteiger partial charge in [-0.15, -0.1) is 0 Å². The molecule has 0 aliphatic rings. The van der Waals surface area contributed by atoms with Crippen LogP contribution in [0.2, 0.25) is 0 Å². The number of hydrogen-bond acceptors (Lipinski definition) is 7. The minimum atomic E-state index is -1.24. The monoisotopic (exact) mass is 327 g/mol. The molecule has 0 aliphatic carbocycles. The molecule has 2 N–H and O–H groups in total. The predicted molar refractivity (Wildman–Crippen MR) is 83.2 cm³/mol. The van der Waals surface area contributed by atoms with Gasteiger partial charge in [-0.1, -0.05) is 5.16 Å². The number of aromatic nitrogens is 3. The van der Waals surface area contributed by atoms with Gasteiger partial charge in [-0.2, -0.15) is 0 Å². The molecule has 2 aromatic heterocycles. The van der Waals surface area contributed by atoms with Crippen molar-refractivity contribution in [3.05, 3.63) is 48.5 Å². The second kappa shape index (κ2) is 6.86. The maximum atomic E-state index is 11.3. The smallest absolute Gasteiger partial charge is 0.225 e. The van der Waals surface area contributed by atoms with Crippen molar-refractivity contribution >= 4 is 11.9 Å². The highest BCUT2D eigenvalue weighted by molar-refractivity contribution is 5.75. The molecule has 8 nitrogen and oxygen atoms in total. The number of anilines is 1. The number of aliphatic carboxylic acids is 1. The highest BCUT2D eigenvalue weighted by Crippen LogP contribution is 2.24. The van der Waals surface area contributed by atoms with Gasteiger partial charge in [0, 0.05) is 29.9 Å². The van der Waals surface area contributed by atoms with Crippen LogP contribution in [0.5, 0.6) is 5.75 Å². The lowest BCUT2D eigenvalue weighted by atomic mass is 10.1. The van der Waals surface area contributed by atoms with Gasteiger partial charge in [0.25, 0.3) is 0 Å². The van der Waals surface area contributed by atoms with E-state index in [1.807, 2.05) is 12.1 Å². The van der Waals surface area contributed by atoms with Gasteiger partial charge >= 0.3 is 0 Å². The molecule has 0 saturated carbocycles. The van der Waals surface area contributed by atoms with Crippen LogP contribution in [0.1, 0.15) is 5.69 Å². The number of nitrogens with one attached hydrogen (secondary N) is 2. The lowest BCUT2D eigenvalue weighted by Crippen LogP contribution is -2.42. The molecule has 8 heteroatoms. The summed E-state index contributed by atoms with van der Waals surface area (Å²) >= 11 is 0. The number of hydrogen-bond donors (Lipinski definition) is 2. The van der Waals surface area contributed by atoms with E-state index in [0.717, 1.165) is 11.3 Å². The van der Waals surface area contributed by atoms with E-state index in [9.17, 15) is 9.90 Å². The molecule has 0 unspecified atom stereocenters. The number of aromatic amines is 1. The standard InChI is InChI=1S/C16H16N4O4/c1-23-12-4-2-10(3-5-12)13-7-15(24-20-13)19-14(16(21)22)6-11-8-17-9-18-11/h2-5,7-9,14,19H,6H2,1H3,(H,17,18)(H,21,22)/p-1/t14-/m1/s1. The van der Waals surface area contributed by atoms with Crippen LogP contribution >= 0.6 is 0 Å². The summed E-state index contributed by atoms with van der Waals surface area (Å²) in [7, 11) is 1.59. The van der Waals surface area contributed by atoms with Crippen LogP contribution in [0.4, 0.5) is 5.88 Å². The van der Waals surface area contributed by atoms with Crippen LogP contribution < -0.4 is 15.2 Å². The second-order valence-electron chi connectivity index (χ2n) is 5.10. The van der Waals surface area contributed by atoms with Gasteiger partial charge in [-0.3, -0.25) is 0 Å². The first-order chi connectivity index (χ1) is 11.7. The zero-order valence-corrected chi connectivity index (χ0v) is 12.9. The van der Waals surface area contributed by atoms with Crippen LogP contribution in [0.15, 0.2) is 47.4 Å². The molecule has 3 aromatic rings. The van der Waals surface area contributed by atoms with Crippen molar-refractivity contribution in [3.63, 3.8) is 0 Å². The number of carboxylic acids is 1. The lowest BCUT2D eigenvalue weighted by Gasteiger charge is -2.17. The number of rotatable bonds is 7. The molecule has 0 bridgehead atoms. The fraction of sp³-hybridized carbons (Fsp3) is 0.188. The summed E-state index contributed by atoms with van der Waals surface area (Å²) in [5, 5.41) is 18.0. The van der Waals surface area contributed by atoms with Crippen molar-refractivity contribution in [3.8, 4) is 17.0 Å². The fourth-order valence-corrected chi connectivity index (χ4v) is 2.22. The Hall–Kier alpha value is -3.29. The van der Waals surface area contributed by atoms with E-state index < -0.39 is 12.0 Å². The number of methoxy groups -OCH3 is 1. The van der Waals surface area contributed by atoms with Crippen LogP contribution in [-0.4, -0.2) is 34.2 Å². The van der Waals surface area contributed by atoms with Gasteiger partial charge in [-0.25, -0.2) is 4.98 Å². The van der Waals surface area contributed by atoms with Crippen LogP contribution in [0.25, 0.3) is 11.3 Å². The molecule has 0 fully saturated rings. The normalized spacial score (nSPS) is 11.9. The Kier molecular flexibility index (Phi) is 4.46. The fourth-order valence-electron chi connectivity index (χ4n) is 2.22. The summed E-state index contributed by atoms with van der Waals surface area (Å²) in [6, 6.07) is 7.94. The van der Waals surface area contributed by atoms with E-state index in [0.29, 0.717) is 11.4 Å². The van der Waals surface area contributed by atoms with Crippen molar-refractivity contribution in [1.82, 2.24) is 15.1 Å². The van der Waals surface area contributed by atoms with Crippen LogP contribution in [0, 0.1) is 0 Å². The quantitative estimate of drug-likeness (QED) is 0.660. The molecule has 0 aliphatic heterocycles. The number of benzene rings is 1. The number of imidazole rings is 1. The third-order valence-electron chi connectivity index (χ3n) is 3.48. The molecule has 0 amide bonds. The minimum absolute atomic E-state index is 0.181. The number of ether oxygens (including phenoxy) is 1. The van der Waals surface area contributed by atoms with Gasteiger partial charge in [0.15, 0.2) is 0 Å². The largest absolute Gasteiger partial charge is 0.548 e. The first-order valence-electron chi connectivity index (χ1n) is 7.21. The van der Waals surface area contributed by atoms with Gasteiger partial charge in [0.05, 0.1) is 25.4 Å². The van der Waals surface area contributed by atoms with Crippen molar-refractivity contribution < 1.29 is 19.2 Å². The highest BCUT2D eigenvalue weighted by atomic mass is 16.5. The summed E-state index contributed by atoms with van der Waals surface area (Å²) in [6.45, 7) is 0. The Morgan fingerprint density at radius 2 is 2.21 bits per heavy atom. The summed E-state index contributed by atoms with van der Waals surface area (Å²) in [5.74, 6) is -0.265. The van der Waals surface area contributed by atoms with Crippen LogP contribution in [0.3, 0.4) is 0 Å². The molecule has 24 heavy (non-hydrogen) atoms. The van der Waals surface area contributed by atoms with Gasteiger partial charge in [-0.05, 0) is 24.3 Å². The maximum absolute atomic E-state index is 11.3. The first kappa shape index (κ1) is 15.6. The third kappa shape index (κ3) is 3.54. The zero-order chi connectivity index (χ0) is 16.9. The van der Waals surface area contributed by atoms with Crippen LogP contribution in [-0.2, 0) is 11.2 Å². The number of carbonyl (C=O) groups excluding carboxylic acids is 1. The number of H-pyrrole nitrogens is 1. The van der Waals surface area contributed by atoms with E-state index in [2.05, 4.69) is 20.4 Å². The molecule has 1 atom stereocenters. The van der Waals surface area contributed by atoms with Crippen molar-refractivity contribution in [2.75, 3.05) is 12.4 Å². The molecule has 3 rings (SSSR count). The zero-order valence-electron chi connectivity index (χ0n) is 12.9. The summed E-state index contributed by atoms with van der Waals surface area (Å²) in [4.78, 5) is 18.0. The summed E-state index contributed by atoms with van der Waals surface area (Å²) in [6.07, 6.45) is 3.22. The third-order valence-corrected chi connectivity index (χ3v) is 3.48. The Labute approximate surface area is 137 Å². The maximum Gasteiger partial charge on any atom is 0.225 e. The van der Waals surface area contributed by atoms with E-state index in [-0.39, 0.29) is 12.3 Å². The SMILES string of the molecule is COc1ccc(-c2cc(N[C@H](Cc3cnc[nH]3)C(=O)[O-])on2)cc1. The minimum Gasteiger partial charge on any atom is -0.548 e. The van der Waals surface area contributed by atoms with E-state index in [1.165, 1.54) is 6.33 Å². The molecular formula is C16H15N4O4-. The predicted octanol–water partition coefficient (Wildman–Crippen LogP) is 0.846. The van der Waals surface area contributed by atoms with Crippen molar-refractivity contribution in [2.24, 2.45) is 0 Å². The molecule has 124 valence electrons. The van der Waals surface area contributed by atoms with Crippen molar-refractivity contribution in [1.29, 1.82) is 0 Å². The van der Waals surface area contributed by atoms with E-state index in [1.54, 1.807) is 31.5 Å². The molecule has 1 aromatic carbocycles. The Balaban J connectivity index is 1.72. The summed E-state index contributed by atoms with van der Waals surface area (Å²) < 4.78 is 10.3. The molecule has 0 saturated heterocycles. The Bertz CT molecular complexity index is 796. The average molecular weight is 327 g/mol. The Morgan fingerprint density at radius 3 is 2.83 bits per heavy atom. The molecule has 0 radical (unpaired) electrons. The summed E-state index contributed by atoms with van der Waals surface area (Å²) in [5.41, 5.74) is 2.08. The van der Waals surface area contributed by atoms with Gasteiger partial charge < -0.3 is 29.5 Å².